The van der Waals surface area contributed by atoms with Gasteiger partial charge in [-0.3, -0.25) is 4.79 Å². The van der Waals surface area contributed by atoms with E-state index >= 15 is 0 Å². The zero-order valence-electron chi connectivity index (χ0n) is 7.22. The van der Waals surface area contributed by atoms with Crippen molar-refractivity contribution in [3.8, 4) is 0 Å². The first-order chi connectivity index (χ1) is 6.11. The number of hydrogen-bond donors (Lipinski definition) is 2. The van der Waals surface area contributed by atoms with Gasteiger partial charge in [0.05, 0.1) is 11.9 Å². The van der Waals surface area contributed by atoms with Crippen LogP contribution in [0.3, 0.4) is 0 Å². The molecule has 1 saturated carbocycles. The van der Waals surface area contributed by atoms with Crippen molar-refractivity contribution in [2.45, 2.75) is 25.3 Å². The molecule has 1 fully saturated rings. The van der Waals surface area contributed by atoms with Gasteiger partial charge in [0.2, 0.25) is 0 Å². The van der Waals surface area contributed by atoms with Crippen molar-refractivity contribution in [1.82, 2.24) is 10.2 Å². The van der Waals surface area contributed by atoms with Gasteiger partial charge in [-0.1, -0.05) is 11.6 Å². The van der Waals surface area contributed by atoms with Crippen LogP contribution in [0.1, 0.15) is 19.8 Å². The first kappa shape index (κ1) is 8.56. The fourth-order valence-corrected chi connectivity index (χ4v) is 1.25. The van der Waals surface area contributed by atoms with E-state index in [1.807, 2.05) is 0 Å². The van der Waals surface area contributed by atoms with Crippen LogP contribution in [-0.2, 0) is 0 Å². The average Bonchev–Trinajstić information content (AvgIpc) is 2.78. The van der Waals surface area contributed by atoms with Crippen LogP contribution in [0.25, 0.3) is 0 Å². The number of anilines is 1. The average molecular weight is 200 g/mol. The zero-order chi connectivity index (χ0) is 9.47. The van der Waals surface area contributed by atoms with E-state index in [1.54, 1.807) is 0 Å². The second kappa shape index (κ2) is 2.73. The second-order valence-corrected chi connectivity index (χ2v) is 3.99. The minimum Gasteiger partial charge on any atom is -0.377 e. The SMILES string of the molecule is CC1(Nc2cn[nH]c(=O)c2Cl)CC1. The maximum atomic E-state index is 11.1. The van der Waals surface area contributed by atoms with E-state index in [4.69, 9.17) is 11.6 Å². The summed E-state index contributed by atoms with van der Waals surface area (Å²) >= 11 is 5.78. The molecule has 13 heavy (non-hydrogen) atoms. The molecule has 0 spiro atoms. The van der Waals surface area contributed by atoms with Crippen LogP contribution < -0.4 is 10.9 Å². The van der Waals surface area contributed by atoms with Gasteiger partial charge in [0, 0.05) is 5.54 Å². The Morgan fingerprint density at radius 1 is 1.69 bits per heavy atom. The van der Waals surface area contributed by atoms with Crippen LogP contribution in [0.5, 0.6) is 0 Å². The van der Waals surface area contributed by atoms with Gasteiger partial charge >= 0.3 is 0 Å². The van der Waals surface area contributed by atoms with Crippen LogP contribution >= 0.6 is 11.6 Å². The van der Waals surface area contributed by atoms with Gasteiger partial charge in [0.15, 0.2) is 0 Å². The summed E-state index contributed by atoms with van der Waals surface area (Å²) in [4.78, 5) is 11.1. The van der Waals surface area contributed by atoms with Crippen LogP contribution in [0.4, 0.5) is 5.69 Å². The molecule has 0 unspecified atom stereocenters. The molecule has 0 radical (unpaired) electrons. The van der Waals surface area contributed by atoms with Crippen molar-refractivity contribution in [2.75, 3.05) is 5.32 Å². The summed E-state index contributed by atoms with van der Waals surface area (Å²) in [7, 11) is 0. The van der Waals surface area contributed by atoms with Gasteiger partial charge in [-0.2, -0.15) is 5.10 Å². The molecular weight excluding hydrogens is 190 g/mol. The highest BCUT2D eigenvalue weighted by molar-refractivity contribution is 6.32. The van der Waals surface area contributed by atoms with Crippen LogP contribution in [0.15, 0.2) is 11.0 Å². The van der Waals surface area contributed by atoms with Gasteiger partial charge in [-0.15, -0.1) is 0 Å². The van der Waals surface area contributed by atoms with E-state index in [2.05, 4.69) is 22.4 Å². The Labute approximate surface area is 80.3 Å². The molecule has 0 saturated heterocycles. The molecule has 70 valence electrons. The molecule has 0 amide bonds. The third-order valence-electron chi connectivity index (χ3n) is 2.23. The molecule has 0 aromatic carbocycles. The molecule has 1 aliphatic rings. The predicted molar refractivity (Wildman–Crippen MR) is 51.1 cm³/mol. The van der Waals surface area contributed by atoms with Crippen LogP contribution in [0, 0.1) is 0 Å². The van der Waals surface area contributed by atoms with Crippen molar-refractivity contribution in [2.24, 2.45) is 0 Å². The predicted octanol–water partition coefficient (Wildman–Crippen LogP) is 1.39. The number of aromatic nitrogens is 2. The molecule has 1 aromatic heterocycles. The zero-order valence-corrected chi connectivity index (χ0v) is 7.98. The molecule has 0 bridgehead atoms. The Kier molecular flexibility index (Phi) is 1.80. The molecule has 5 heteroatoms. The molecule has 1 aliphatic carbocycles. The monoisotopic (exact) mass is 199 g/mol. The minimum absolute atomic E-state index is 0.110. The van der Waals surface area contributed by atoms with Crippen molar-refractivity contribution >= 4 is 17.3 Å². The summed E-state index contributed by atoms with van der Waals surface area (Å²) in [5, 5.41) is 9.31. The van der Waals surface area contributed by atoms with Gasteiger partial charge < -0.3 is 5.32 Å². The highest BCUT2D eigenvalue weighted by atomic mass is 35.5. The summed E-state index contributed by atoms with van der Waals surface area (Å²) in [6, 6.07) is 0. The largest absolute Gasteiger partial charge is 0.377 e. The van der Waals surface area contributed by atoms with E-state index in [-0.39, 0.29) is 16.1 Å². The molecule has 0 atom stereocenters. The first-order valence-electron chi connectivity index (χ1n) is 4.12. The Balaban J connectivity index is 2.30. The number of nitrogens with zero attached hydrogens (tertiary/aromatic N) is 1. The van der Waals surface area contributed by atoms with Crippen molar-refractivity contribution < 1.29 is 0 Å². The lowest BCUT2D eigenvalue weighted by Crippen LogP contribution is -2.19. The molecule has 0 aliphatic heterocycles. The number of aromatic amines is 1. The molecule has 2 N–H and O–H groups in total. The fourth-order valence-electron chi connectivity index (χ4n) is 1.11. The lowest BCUT2D eigenvalue weighted by molar-refractivity contribution is 0.823. The molecule has 4 nitrogen and oxygen atoms in total. The highest BCUT2D eigenvalue weighted by Crippen LogP contribution is 2.38. The lowest BCUT2D eigenvalue weighted by Gasteiger charge is -2.12. The van der Waals surface area contributed by atoms with Gasteiger partial charge in [-0.05, 0) is 19.8 Å². The number of hydrogen-bond acceptors (Lipinski definition) is 3. The Bertz CT molecular complexity index is 383. The third kappa shape index (κ3) is 1.67. The standard InChI is InChI=1S/C8H10ClN3O/c1-8(2-3-8)11-5-4-10-12-7(13)6(5)9/h4H,2-3H2,1H3,(H2,11,12,13). The maximum absolute atomic E-state index is 11.1. The number of nitrogens with one attached hydrogen (secondary N) is 2. The van der Waals surface area contributed by atoms with E-state index < -0.39 is 0 Å². The smallest absolute Gasteiger partial charge is 0.285 e. The van der Waals surface area contributed by atoms with Gasteiger partial charge in [-0.25, -0.2) is 5.10 Å². The van der Waals surface area contributed by atoms with Gasteiger partial charge in [0.1, 0.15) is 5.02 Å². The van der Waals surface area contributed by atoms with Crippen LogP contribution in [0.2, 0.25) is 5.02 Å². The second-order valence-electron chi connectivity index (χ2n) is 3.61. The van der Waals surface area contributed by atoms with Crippen molar-refractivity contribution in [3.63, 3.8) is 0 Å². The quantitative estimate of drug-likeness (QED) is 0.757. The topological polar surface area (TPSA) is 57.8 Å². The number of H-pyrrole nitrogens is 1. The first-order valence-corrected chi connectivity index (χ1v) is 4.50. The van der Waals surface area contributed by atoms with Crippen molar-refractivity contribution in [1.29, 1.82) is 0 Å². The maximum Gasteiger partial charge on any atom is 0.285 e. The fraction of sp³-hybridized carbons (Fsp3) is 0.500. The highest BCUT2D eigenvalue weighted by Gasteiger charge is 2.37. The number of rotatable bonds is 2. The van der Waals surface area contributed by atoms with Crippen LogP contribution in [-0.4, -0.2) is 15.7 Å². The summed E-state index contributed by atoms with van der Waals surface area (Å²) in [6.07, 6.45) is 3.75. The summed E-state index contributed by atoms with van der Waals surface area (Å²) in [5.41, 5.74) is 0.375. The number of halogens is 1. The summed E-state index contributed by atoms with van der Waals surface area (Å²) < 4.78 is 0. The van der Waals surface area contributed by atoms with E-state index in [9.17, 15) is 4.79 Å². The summed E-state index contributed by atoms with van der Waals surface area (Å²) in [6.45, 7) is 2.09. The molecule has 1 heterocycles. The van der Waals surface area contributed by atoms with Crippen molar-refractivity contribution in [3.05, 3.63) is 21.6 Å². The Morgan fingerprint density at radius 2 is 2.38 bits per heavy atom. The van der Waals surface area contributed by atoms with Gasteiger partial charge in [0.25, 0.3) is 5.56 Å². The third-order valence-corrected chi connectivity index (χ3v) is 2.61. The van der Waals surface area contributed by atoms with E-state index in [0.29, 0.717) is 5.69 Å². The summed E-state index contributed by atoms with van der Waals surface area (Å²) in [5.74, 6) is 0. The van der Waals surface area contributed by atoms with E-state index in [0.717, 1.165) is 12.8 Å². The van der Waals surface area contributed by atoms with E-state index in [1.165, 1.54) is 6.20 Å². The molecular formula is C8H10ClN3O. The molecule has 2 rings (SSSR count). The Hall–Kier alpha value is -1.03. The molecule has 1 aromatic rings. The normalized spacial score (nSPS) is 18.3. The lowest BCUT2D eigenvalue weighted by atomic mass is 10.3. The minimum atomic E-state index is -0.351. The Morgan fingerprint density at radius 3 is 3.00 bits per heavy atom.